The average Bonchev–Trinajstić information content (AvgIpc) is 3.25. The van der Waals surface area contributed by atoms with Gasteiger partial charge in [-0.15, -0.1) is 11.8 Å². The first-order valence-corrected chi connectivity index (χ1v) is 10.6. The summed E-state index contributed by atoms with van der Waals surface area (Å²) in [5, 5.41) is 7.27. The van der Waals surface area contributed by atoms with Crippen LogP contribution in [0.4, 0.5) is 5.82 Å². The Morgan fingerprint density at radius 2 is 2.18 bits per heavy atom. The number of benzene rings is 1. The molecule has 3 heterocycles. The number of nitrogens with one attached hydrogen (secondary N) is 1. The van der Waals surface area contributed by atoms with Gasteiger partial charge in [-0.3, -0.25) is 14.2 Å². The third-order valence-corrected chi connectivity index (χ3v) is 6.28. The van der Waals surface area contributed by atoms with Crippen LogP contribution in [0.5, 0.6) is 0 Å². The number of para-hydroxylation sites is 1. The van der Waals surface area contributed by atoms with Gasteiger partial charge in [0.05, 0.1) is 22.0 Å². The Balaban J connectivity index is 1.62. The monoisotopic (exact) mass is 414 g/mol. The van der Waals surface area contributed by atoms with Crippen molar-refractivity contribution >= 4 is 35.2 Å². The first-order valence-electron chi connectivity index (χ1n) is 8.75. The Hall–Kier alpha value is -2.52. The second kappa shape index (κ2) is 7.84. The summed E-state index contributed by atoms with van der Waals surface area (Å²) in [4.78, 5) is 30.8. The van der Waals surface area contributed by atoms with Gasteiger partial charge in [0.1, 0.15) is 5.76 Å². The molecule has 4 rings (SSSR count). The van der Waals surface area contributed by atoms with Gasteiger partial charge in [0, 0.05) is 17.7 Å². The van der Waals surface area contributed by atoms with E-state index in [0.717, 1.165) is 17.8 Å². The van der Waals surface area contributed by atoms with Crippen molar-refractivity contribution in [3.8, 4) is 5.69 Å². The number of amides is 1. The van der Waals surface area contributed by atoms with Crippen molar-refractivity contribution in [2.24, 2.45) is 0 Å². The molecule has 0 bridgehead atoms. The number of nitrogens with zero attached hydrogens (tertiary/aromatic N) is 3. The zero-order valence-corrected chi connectivity index (χ0v) is 17.0. The predicted octanol–water partition coefficient (Wildman–Crippen LogP) is 3.30. The van der Waals surface area contributed by atoms with Crippen molar-refractivity contribution in [2.45, 2.75) is 35.6 Å². The lowest BCUT2D eigenvalue weighted by Gasteiger charge is -2.13. The molecule has 1 aliphatic rings. The summed E-state index contributed by atoms with van der Waals surface area (Å²) in [6.07, 6.45) is 0.753. The first-order chi connectivity index (χ1) is 13.5. The molecular formula is C19H18N4O3S2. The molecule has 0 fully saturated rings. The van der Waals surface area contributed by atoms with Gasteiger partial charge in [-0.1, -0.05) is 42.0 Å². The minimum absolute atomic E-state index is 0.0828. The predicted molar refractivity (Wildman–Crippen MR) is 109 cm³/mol. The van der Waals surface area contributed by atoms with Crippen LogP contribution in [0.25, 0.3) is 5.69 Å². The normalized spacial score (nSPS) is 15.4. The molecule has 1 atom stereocenters. The van der Waals surface area contributed by atoms with Crippen LogP contribution in [0.3, 0.4) is 0 Å². The molecule has 0 saturated heterocycles. The third kappa shape index (κ3) is 3.85. The lowest BCUT2D eigenvalue weighted by molar-refractivity contribution is -0.113. The van der Waals surface area contributed by atoms with Crippen LogP contribution in [0.15, 0.2) is 55.8 Å². The zero-order chi connectivity index (χ0) is 19.7. The summed E-state index contributed by atoms with van der Waals surface area (Å²) in [7, 11) is 0. The fraction of sp³-hybridized carbons (Fsp3) is 0.263. The van der Waals surface area contributed by atoms with Gasteiger partial charge in [-0.05, 0) is 19.1 Å². The molecule has 1 N–H and O–H groups in total. The molecule has 2 aromatic heterocycles. The summed E-state index contributed by atoms with van der Waals surface area (Å²) in [6.45, 7) is 3.84. The first kappa shape index (κ1) is 18.8. The van der Waals surface area contributed by atoms with E-state index in [2.05, 4.69) is 17.4 Å². The lowest BCUT2D eigenvalue weighted by atomic mass is 10.2. The second-order valence-electron chi connectivity index (χ2n) is 6.44. The molecule has 1 aromatic carbocycles. The number of rotatable bonds is 5. The highest BCUT2D eigenvalue weighted by Crippen LogP contribution is 2.34. The highest BCUT2D eigenvalue weighted by Gasteiger charge is 2.27. The lowest BCUT2D eigenvalue weighted by Crippen LogP contribution is -2.24. The molecule has 7 nitrogen and oxygen atoms in total. The van der Waals surface area contributed by atoms with Gasteiger partial charge in [0.2, 0.25) is 5.91 Å². The molecule has 0 unspecified atom stereocenters. The van der Waals surface area contributed by atoms with Gasteiger partial charge in [-0.2, -0.15) is 0 Å². The van der Waals surface area contributed by atoms with Gasteiger partial charge < -0.3 is 9.84 Å². The maximum absolute atomic E-state index is 13.1. The van der Waals surface area contributed by atoms with Crippen LogP contribution in [0.2, 0.25) is 0 Å². The number of carbonyl (C=O) groups excluding carboxylic acids is 1. The van der Waals surface area contributed by atoms with Crippen LogP contribution in [0, 0.1) is 6.92 Å². The van der Waals surface area contributed by atoms with Crippen molar-refractivity contribution in [3.63, 3.8) is 0 Å². The van der Waals surface area contributed by atoms with Crippen LogP contribution >= 0.6 is 23.5 Å². The largest absolute Gasteiger partial charge is 0.360 e. The quantitative estimate of drug-likeness (QED) is 0.506. The number of hydrogen-bond acceptors (Lipinski definition) is 7. The molecule has 3 aromatic rings. The van der Waals surface area contributed by atoms with E-state index in [0.29, 0.717) is 26.9 Å². The Kier molecular flexibility index (Phi) is 5.27. The molecule has 0 spiro atoms. The minimum atomic E-state index is -0.240. The van der Waals surface area contributed by atoms with Crippen molar-refractivity contribution < 1.29 is 9.32 Å². The third-order valence-electron chi connectivity index (χ3n) is 4.12. The maximum atomic E-state index is 13.1. The molecule has 0 radical (unpaired) electrons. The molecule has 1 amide bonds. The van der Waals surface area contributed by atoms with E-state index in [9.17, 15) is 9.59 Å². The molecule has 28 heavy (non-hydrogen) atoms. The van der Waals surface area contributed by atoms with E-state index in [-0.39, 0.29) is 17.2 Å². The molecule has 9 heteroatoms. The van der Waals surface area contributed by atoms with Gasteiger partial charge in [0.25, 0.3) is 5.56 Å². The number of carbonyl (C=O) groups is 1. The van der Waals surface area contributed by atoms with Crippen LogP contribution in [-0.2, 0) is 11.2 Å². The molecular weight excluding hydrogens is 396 g/mol. The average molecular weight is 415 g/mol. The maximum Gasteiger partial charge on any atom is 0.272 e. The Labute approximate surface area is 169 Å². The zero-order valence-electron chi connectivity index (χ0n) is 15.3. The van der Waals surface area contributed by atoms with Crippen molar-refractivity contribution in [1.82, 2.24) is 14.7 Å². The smallest absolute Gasteiger partial charge is 0.272 e. The van der Waals surface area contributed by atoms with Crippen LogP contribution < -0.4 is 10.9 Å². The van der Waals surface area contributed by atoms with Crippen LogP contribution in [0.1, 0.15) is 18.4 Å². The second-order valence-corrected chi connectivity index (χ2v) is 8.83. The van der Waals surface area contributed by atoms with E-state index >= 15 is 0 Å². The van der Waals surface area contributed by atoms with Gasteiger partial charge in [0.15, 0.2) is 11.0 Å². The van der Waals surface area contributed by atoms with E-state index in [1.54, 1.807) is 29.3 Å². The van der Waals surface area contributed by atoms with Crippen LogP contribution in [-0.4, -0.2) is 31.6 Å². The molecule has 1 aliphatic heterocycles. The van der Waals surface area contributed by atoms with Crippen molar-refractivity contribution in [1.29, 1.82) is 0 Å². The van der Waals surface area contributed by atoms with E-state index in [1.807, 2.05) is 30.3 Å². The summed E-state index contributed by atoms with van der Waals surface area (Å²) >= 11 is 2.79. The number of anilines is 1. The topological polar surface area (TPSA) is 90.0 Å². The molecule has 144 valence electrons. The highest BCUT2D eigenvalue weighted by molar-refractivity contribution is 8.00. The summed E-state index contributed by atoms with van der Waals surface area (Å²) in [5.74, 6) is 0.853. The minimum Gasteiger partial charge on any atom is -0.360 e. The van der Waals surface area contributed by atoms with Gasteiger partial charge >= 0.3 is 0 Å². The number of fused-ring (bicyclic) bond motifs is 1. The summed E-state index contributed by atoms with van der Waals surface area (Å²) < 4.78 is 6.54. The summed E-state index contributed by atoms with van der Waals surface area (Å²) in [5.41, 5.74) is 1.46. The fourth-order valence-electron chi connectivity index (χ4n) is 2.94. The van der Waals surface area contributed by atoms with Crippen molar-refractivity contribution in [3.05, 3.63) is 58.2 Å². The molecule has 0 saturated carbocycles. The number of aryl methyl sites for hydroxylation is 1. The highest BCUT2D eigenvalue weighted by atomic mass is 32.2. The SMILES string of the molecule is Cc1cc(NC(=O)CSc2nc3c(c(=O)n2-c2ccccc2)S[C@@H](C)C3)no1. The van der Waals surface area contributed by atoms with E-state index in [4.69, 9.17) is 9.51 Å². The summed E-state index contributed by atoms with van der Waals surface area (Å²) in [6, 6.07) is 11.0. The number of aromatic nitrogens is 3. The Morgan fingerprint density at radius 1 is 1.39 bits per heavy atom. The number of thioether (sulfide) groups is 2. The standard InChI is InChI=1S/C19H18N4O3S2/c1-11-8-15(22-26-11)21-16(24)10-27-19-20-14-9-12(2)28-17(14)18(25)23(19)13-6-4-3-5-7-13/h3-8,12H,9-10H2,1-2H3,(H,21,22,24)/t12-/m0/s1. The van der Waals surface area contributed by atoms with Gasteiger partial charge in [-0.25, -0.2) is 4.98 Å². The van der Waals surface area contributed by atoms with E-state index < -0.39 is 0 Å². The molecule has 0 aliphatic carbocycles. The Morgan fingerprint density at radius 3 is 2.89 bits per heavy atom. The number of hydrogen-bond donors (Lipinski definition) is 1. The van der Waals surface area contributed by atoms with E-state index in [1.165, 1.54) is 11.8 Å². The van der Waals surface area contributed by atoms with Crippen molar-refractivity contribution in [2.75, 3.05) is 11.1 Å². The fourth-order valence-corrected chi connectivity index (χ4v) is 4.86. The Bertz CT molecular complexity index is 1080.